The lowest BCUT2D eigenvalue weighted by Gasteiger charge is -2.03. The van der Waals surface area contributed by atoms with Gasteiger partial charge in [0.05, 0.1) is 18.8 Å². The lowest BCUT2D eigenvalue weighted by atomic mass is 10.0. The smallest absolute Gasteiger partial charge is 0.0642 e. The van der Waals surface area contributed by atoms with Crippen LogP contribution < -0.4 is 0 Å². The Bertz CT molecular complexity index is 1800. The van der Waals surface area contributed by atoms with Gasteiger partial charge in [0.2, 0.25) is 0 Å². The van der Waals surface area contributed by atoms with Gasteiger partial charge in [0.15, 0.2) is 0 Å². The van der Waals surface area contributed by atoms with Crippen LogP contribution in [0.25, 0.3) is 39.0 Å². The molecule has 6 rings (SSSR count). The Morgan fingerprint density at radius 2 is 1.07 bits per heavy atom. The highest BCUT2D eigenvalue weighted by Gasteiger charge is 2.17. The van der Waals surface area contributed by atoms with Crippen LogP contribution >= 0.6 is 34.0 Å². The molecule has 0 N–H and O–H groups in total. The molecule has 3 heteroatoms. The molecule has 3 heterocycles. The summed E-state index contributed by atoms with van der Waals surface area (Å²) in [5.41, 5.74) is 4.93. The van der Waals surface area contributed by atoms with Crippen molar-refractivity contribution >= 4 is 73.0 Å². The minimum absolute atomic E-state index is 1.07. The van der Waals surface area contributed by atoms with E-state index in [4.69, 9.17) is 0 Å². The van der Waals surface area contributed by atoms with Gasteiger partial charge in [-0.3, -0.25) is 0 Å². The van der Waals surface area contributed by atoms with Crippen LogP contribution in [-0.4, -0.2) is 0 Å². The van der Waals surface area contributed by atoms with E-state index in [0.717, 1.165) is 11.1 Å². The van der Waals surface area contributed by atoms with Gasteiger partial charge in [0.1, 0.15) is 0 Å². The van der Waals surface area contributed by atoms with Crippen LogP contribution in [-0.2, 0) is 6.42 Å². The number of hydrogen-bond acceptors (Lipinski definition) is 3. The van der Waals surface area contributed by atoms with E-state index < -0.39 is 0 Å². The molecule has 204 valence electrons. The number of unbranched alkanes of at least 4 members (excludes halogenated alkanes) is 9. The van der Waals surface area contributed by atoms with Crippen molar-refractivity contribution in [2.45, 2.75) is 84.5 Å². The molecule has 0 nitrogen and oxygen atoms in total. The standard InChI is InChI=1S/C37H38S3/c1-3-4-5-6-7-8-9-10-11-12-13-28-20-22-30-32(24-28)38-36-34(30)40-35-31-23-21-29(25-33(31)39-37(35)36)19-18-27-16-14-26(2)15-17-27/h14-17,20-25H,3-13H2,1-2H3. The van der Waals surface area contributed by atoms with E-state index in [0.29, 0.717) is 0 Å². The highest BCUT2D eigenvalue weighted by atomic mass is 32.1. The molecule has 3 aromatic heterocycles. The number of aryl methyl sites for hydroxylation is 2. The van der Waals surface area contributed by atoms with Gasteiger partial charge in [-0.25, -0.2) is 0 Å². The zero-order valence-corrected chi connectivity index (χ0v) is 26.2. The largest absolute Gasteiger partial charge is 0.133 e. The van der Waals surface area contributed by atoms with Crippen LogP contribution in [0.5, 0.6) is 0 Å². The summed E-state index contributed by atoms with van der Waals surface area (Å²) in [6.07, 6.45) is 15.2. The van der Waals surface area contributed by atoms with Crippen LogP contribution in [0.4, 0.5) is 0 Å². The van der Waals surface area contributed by atoms with Crippen molar-refractivity contribution in [3.8, 4) is 11.8 Å². The zero-order chi connectivity index (χ0) is 27.3. The summed E-state index contributed by atoms with van der Waals surface area (Å²) in [6, 6.07) is 22.4. The Morgan fingerprint density at radius 1 is 0.525 bits per heavy atom. The van der Waals surface area contributed by atoms with Crippen molar-refractivity contribution in [3.63, 3.8) is 0 Å². The fourth-order valence-corrected chi connectivity index (χ4v) is 9.99. The molecular formula is C37H38S3. The van der Waals surface area contributed by atoms with Gasteiger partial charge < -0.3 is 0 Å². The Morgan fingerprint density at radius 3 is 1.75 bits per heavy atom. The van der Waals surface area contributed by atoms with Gasteiger partial charge in [-0.05, 0) is 55.7 Å². The molecule has 0 radical (unpaired) electrons. The minimum atomic E-state index is 1.07. The van der Waals surface area contributed by atoms with Crippen LogP contribution in [0.2, 0.25) is 0 Å². The summed E-state index contributed by atoms with van der Waals surface area (Å²) < 4.78 is 8.64. The second-order valence-corrected chi connectivity index (χ2v) is 14.3. The van der Waals surface area contributed by atoms with E-state index in [2.05, 4.69) is 86.4 Å². The zero-order valence-electron chi connectivity index (χ0n) is 23.8. The number of hydrogen-bond donors (Lipinski definition) is 0. The number of rotatable bonds is 11. The van der Waals surface area contributed by atoms with E-state index in [1.54, 1.807) is 0 Å². The van der Waals surface area contributed by atoms with Gasteiger partial charge in [0, 0.05) is 31.3 Å². The van der Waals surface area contributed by atoms with Crippen molar-refractivity contribution in [3.05, 3.63) is 82.9 Å². The summed E-state index contributed by atoms with van der Waals surface area (Å²) in [5, 5.41) is 2.81. The third-order valence-corrected chi connectivity index (χ3v) is 12.0. The Hall–Kier alpha value is -2.64. The second kappa shape index (κ2) is 12.9. The van der Waals surface area contributed by atoms with E-state index in [-0.39, 0.29) is 0 Å². The van der Waals surface area contributed by atoms with Crippen molar-refractivity contribution in [2.75, 3.05) is 0 Å². The molecule has 0 atom stereocenters. The van der Waals surface area contributed by atoms with Crippen molar-refractivity contribution in [2.24, 2.45) is 0 Å². The predicted molar refractivity (Wildman–Crippen MR) is 183 cm³/mol. The molecule has 0 saturated heterocycles. The molecule has 0 aliphatic carbocycles. The van der Waals surface area contributed by atoms with Gasteiger partial charge in [-0.15, -0.1) is 34.0 Å². The normalized spacial score (nSPS) is 11.7. The fourth-order valence-electron chi connectivity index (χ4n) is 5.63. The molecular weight excluding hydrogens is 541 g/mol. The van der Waals surface area contributed by atoms with Crippen molar-refractivity contribution in [1.29, 1.82) is 0 Å². The first-order valence-electron chi connectivity index (χ1n) is 15.1. The summed E-state index contributed by atoms with van der Waals surface area (Å²) in [4.78, 5) is 0. The molecule has 0 amide bonds. The summed E-state index contributed by atoms with van der Waals surface area (Å²) >= 11 is 5.90. The summed E-state index contributed by atoms with van der Waals surface area (Å²) in [5.74, 6) is 6.70. The van der Waals surface area contributed by atoms with Crippen LogP contribution in [0.3, 0.4) is 0 Å². The molecule has 40 heavy (non-hydrogen) atoms. The second-order valence-electron chi connectivity index (χ2n) is 11.2. The number of fused-ring (bicyclic) bond motifs is 7. The highest BCUT2D eigenvalue weighted by Crippen LogP contribution is 2.50. The van der Waals surface area contributed by atoms with E-state index in [1.165, 1.54) is 121 Å². The highest BCUT2D eigenvalue weighted by molar-refractivity contribution is 7.43. The molecule has 0 aliphatic heterocycles. The Labute approximate surface area is 251 Å². The third kappa shape index (κ3) is 6.15. The first kappa shape index (κ1) is 27.5. The van der Waals surface area contributed by atoms with Crippen LogP contribution in [0.1, 0.15) is 93.4 Å². The average molecular weight is 579 g/mol. The van der Waals surface area contributed by atoms with Gasteiger partial charge in [-0.2, -0.15) is 0 Å². The average Bonchev–Trinajstić information content (AvgIpc) is 3.61. The van der Waals surface area contributed by atoms with E-state index in [9.17, 15) is 0 Å². The third-order valence-electron chi connectivity index (χ3n) is 7.99. The van der Waals surface area contributed by atoms with Crippen LogP contribution in [0, 0.1) is 18.8 Å². The number of thiophene rings is 3. The lowest BCUT2D eigenvalue weighted by Crippen LogP contribution is -1.86. The molecule has 0 aliphatic rings. The maximum Gasteiger partial charge on any atom is 0.0642 e. The van der Waals surface area contributed by atoms with E-state index >= 15 is 0 Å². The SMILES string of the molecule is CCCCCCCCCCCCc1ccc2c(c1)sc1c2sc2c3ccc(C#Cc4ccc(C)cc4)cc3sc21. The Balaban J connectivity index is 1.13. The van der Waals surface area contributed by atoms with Crippen molar-refractivity contribution in [1.82, 2.24) is 0 Å². The summed E-state index contributed by atoms with van der Waals surface area (Å²) in [7, 11) is 0. The molecule has 0 saturated carbocycles. The molecule has 0 spiro atoms. The van der Waals surface area contributed by atoms with E-state index in [1.807, 2.05) is 34.0 Å². The maximum absolute atomic E-state index is 3.38. The number of benzene rings is 3. The molecule has 0 fully saturated rings. The molecule has 0 bridgehead atoms. The summed E-state index contributed by atoms with van der Waals surface area (Å²) in [6.45, 7) is 4.41. The molecule has 3 aromatic carbocycles. The first-order chi connectivity index (χ1) is 19.7. The predicted octanol–water partition coefficient (Wildman–Crippen LogP) is 12.7. The monoisotopic (exact) mass is 578 g/mol. The van der Waals surface area contributed by atoms with Gasteiger partial charge in [0.25, 0.3) is 0 Å². The maximum atomic E-state index is 3.38. The minimum Gasteiger partial charge on any atom is -0.133 e. The van der Waals surface area contributed by atoms with Gasteiger partial charge >= 0.3 is 0 Å². The quantitative estimate of drug-likeness (QED) is 0.106. The van der Waals surface area contributed by atoms with Crippen LogP contribution in [0.15, 0.2) is 60.7 Å². The van der Waals surface area contributed by atoms with Crippen molar-refractivity contribution < 1.29 is 0 Å². The molecule has 0 unspecified atom stereocenters. The first-order valence-corrected chi connectivity index (χ1v) is 17.5. The van der Waals surface area contributed by atoms with Gasteiger partial charge in [-0.1, -0.05) is 112 Å². The topological polar surface area (TPSA) is 0 Å². The fraction of sp³-hybridized carbons (Fsp3) is 0.351. The molecule has 6 aromatic rings. The Kier molecular flexibility index (Phi) is 8.88. The lowest BCUT2D eigenvalue weighted by molar-refractivity contribution is 0.556.